The number of halogens is 1. The topological polar surface area (TPSA) is 80.5 Å². The van der Waals surface area contributed by atoms with Crippen molar-refractivity contribution in [3.8, 4) is 0 Å². The molecule has 0 aliphatic carbocycles. The fourth-order valence-corrected chi connectivity index (χ4v) is 4.50. The zero-order valence-corrected chi connectivity index (χ0v) is 27.0. The van der Waals surface area contributed by atoms with Crippen molar-refractivity contribution in [3.05, 3.63) is 30.1 Å². The van der Waals surface area contributed by atoms with Gasteiger partial charge in [-0.2, -0.15) is 0 Å². The van der Waals surface area contributed by atoms with Crippen molar-refractivity contribution in [2.75, 3.05) is 19.8 Å². The Kier molecular flexibility index (Phi) is 26.8. The van der Waals surface area contributed by atoms with Crippen molar-refractivity contribution in [1.82, 2.24) is 10.6 Å². The summed E-state index contributed by atoms with van der Waals surface area (Å²) in [7, 11) is 0. The zero-order chi connectivity index (χ0) is 27.5. The van der Waals surface area contributed by atoms with E-state index in [0.29, 0.717) is 19.5 Å². The summed E-state index contributed by atoms with van der Waals surface area (Å²) in [5.41, 5.74) is 1.01. The molecule has 2 N–H and O–H groups in total. The number of carbonyl (C=O) groups excluding carboxylic acids is 2. The molecular weight excluding hydrogens is 605 g/mol. The van der Waals surface area contributed by atoms with E-state index in [1.165, 1.54) is 89.9 Å². The Bertz CT molecular complexity index is 721. The number of rotatable bonds is 24. The minimum atomic E-state index is -0.468. The summed E-state index contributed by atoms with van der Waals surface area (Å²) in [5, 5.41) is 5.54. The molecule has 0 aliphatic rings. The van der Waals surface area contributed by atoms with E-state index in [9.17, 15) is 9.59 Å². The second kappa shape index (κ2) is 28.0. The molecule has 1 heterocycles. The number of unbranched alkanes of at least 4 members (excludes halogenated alkanes) is 15. The number of alkyl carbamates (subject to hydrolysis) is 2. The van der Waals surface area contributed by atoms with Crippen LogP contribution in [0.15, 0.2) is 24.4 Å². The molecule has 7 nitrogen and oxygen atoms in total. The van der Waals surface area contributed by atoms with Crippen molar-refractivity contribution >= 4 is 12.2 Å². The lowest BCUT2D eigenvalue weighted by Crippen LogP contribution is -3.00. The SMILES string of the molecule is CCCCCCCCCCCCCCCCCCNC(=O)OCCCOC(=O)NCc1cccc[n+]1CC.[I-]. The molecule has 8 heteroatoms. The van der Waals surface area contributed by atoms with Gasteiger partial charge in [-0.05, 0) is 13.3 Å². The molecule has 0 bridgehead atoms. The Labute approximate surface area is 255 Å². The van der Waals surface area contributed by atoms with E-state index in [0.717, 1.165) is 25.1 Å². The van der Waals surface area contributed by atoms with Crippen LogP contribution in [0.1, 0.15) is 129 Å². The number of ether oxygens (including phenoxy) is 2. The second-order valence-electron chi connectivity index (χ2n) is 10.2. The molecule has 1 aromatic heterocycles. The molecule has 1 rings (SSSR count). The van der Waals surface area contributed by atoms with Crippen molar-refractivity contribution in [3.63, 3.8) is 0 Å². The molecule has 1 aromatic rings. The van der Waals surface area contributed by atoms with Crippen LogP contribution in [0.2, 0.25) is 0 Å². The lowest BCUT2D eigenvalue weighted by atomic mass is 10.0. The first-order valence-corrected chi connectivity index (χ1v) is 15.5. The molecule has 0 saturated heterocycles. The normalized spacial score (nSPS) is 10.5. The van der Waals surface area contributed by atoms with Crippen LogP contribution in [-0.2, 0) is 22.6 Å². The molecule has 0 spiro atoms. The quantitative estimate of drug-likeness (QED) is 0.0965. The number of hydrogen-bond acceptors (Lipinski definition) is 4. The third kappa shape index (κ3) is 22.9. The van der Waals surface area contributed by atoms with Gasteiger partial charge < -0.3 is 44.1 Å². The molecule has 0 unspecified atom stereocenters. The first-order chi connectivity index (χ1) is 18.7. The number of nitrogens with one attached hydrogen (secondary N) is 2. The zero-order valence-electron chi connectivity index (χ0n) is 24.8. The molecule has 0 fully saturated rings. The first-order valence-electron chi connectivity index (χ1n) is 15.5. The number of pyridine rings is 1. The maximum atomic E-state index is 11.8. The number of carbonyl (C=O) groups is 2. The molecular formula is C31H56IN3O4. The van der Waals surface area contributed by atoms with E-state index < -0.39 is 12.2 Å². The average Bonchev–Trinajstić information content (AvgIpc) is 2.93. The molecule has 0 saturated carbocycles. The van der Waals surface area contributed by atoms with Gasteiger partial charge >= 0.3 is 12.2 Å². The summed E-state index contributed by atoms with van der Waals surface area (Å²) in [6.07, 6.45) is 23.0. The number of amides is 2. The van der Waals surface area contributed by atoms with Crippen LogP contribution in [0.5, 0.6) is 0 Å². The van der Waals surface area contributed by atoms with Crippen LogP contribution in [0.25, 0.3) is 0 Å². The van der Waals surface area contributed by atoms with Gasteiger partial charge in [0.15, 0.2) is 6.20 Å². The van der Waals surface area contributed by atoms with E-state index in [4.69, 9.17) is 9.47 Å². The highest BCUT2D eigenvalue weighted by Crippen LogP contribution is 2.13. The molecule has 0 atom stereocenters. The summed E-state index contributed by atoms with van der Waals surface area (Å²) >= 11 is 0. The number of aryl methyl sites for hydroxylation is 1. The highest BCUT2D eigenvalue weighted by molar-refractivity contribution is 5.67. The molecule has 39 heavy (non-hydrogen) atoms. The van der Waals surface area contributed by atoms with Gasteiger partial charge in [-0.3, -0.25) is 0 Å². The van der Waals surface area contributed by atoms with E-state index in [2.05, 4.69) is 29.0 Å². The Hall–Kier alpha value is -1.58. The molecule has 2 amide bonds. The minimum Gasteiger partial charge on any atom is -1.00 e. The maximum absolute atomic E-state index is 11.8. The van der Waals surface area contributed by atoms with Gasteiger partial charge in [-0.15, -0.1) is 0 Å². The average molecular weight is 662 g/mol. The number of aromatic nitrogens is 1. The van der Waals surface area contributed by atoms with Gasteiger partial charge in [0, 0.05) is 25.1 Å². The third-order valence-corrected chi connectivity index (χ3v) is 6.84. The molecule has 0 aliphatic heterocycles. The lowest BCUT2D eigenvalue weighted by Gasteiger charge is -2.08. The van der Waals surface area contributed by atoms with Crippen molar-refractivity contribution in [1.29, 1.82) is 0 Å². The summed E-state index contributed by atoms with van der Waals surface area (Å²) < 4.78 is 12.4. The van der Waals surface area contributed by atoms with Crippen LogP contribution < -0.4 is 39.2 Å². The fraction of sp³-hybridized carbons (Fsp3) is 0.774. The van der Waals surface area contributed by atoms with Gasteiger partial charge in [0.2, 0.25) is 5.69 Å². The Balaban J connectivity index is 0.0000144. The molecule has 226 valence electrons. The van der Waals surface area contributed by atoms with Crippen LogP contribution >= 0.6 is 0 Å². The Morgan fingerprint density at radius 1 is 0.667 bits per heavy atom. The highest BCUT2D eigenvalue weighted by atomic mass is 127. The minimum absolute atomic E-state index is 0. The molecule has 0 aromatic carbocycles. The lowest BCUT2D eigenvalue weighted by molar-refractivity contribution is -0.701. The maximum Gasteiger partial charge on any atom is 0.407 e. The van der Waals surface area contributed by atoms with Crippen LogP contribution in [0, 0.1) is 0 Å². The van der Waals surface area contributed by atoms with Gasteiger partial charge in [-0.1, -0.05) is 109 Å². The predicted molar refractivity (Wildman–Crippen MR) is 154 cm³/mol. The summed E-state index contributed by atoms with van der Waals surface area (Å²) in [6, 6.07) is 5.87. The fourth-order valence-electron chi connectivity index (χ4n) is 4.50. The summed E-state index contributed by atoms with van der Waals surface area (Å²) in [5.74, 6) is 0. The monoisotopic (exact) mass is 661 g/mol. The smallest absolute Gasteiger partial charge is 0.407 e. The number of hydrogen-bond donors (Lipinski definition) is 2. The van der Waals surface area contributed by atoms with E-state index in [1.54, 1.807) is 0 Å². The van der Waals surface area contributed by atoms with Crippen LogP contribution in [0.3, 0.4) is 0 Å². The summed E-state index contributed by atoms with van der Waals surface area (Å²) in [6.45, 7) is 6.66. The van der Waals surface area contributed by atoms with Crippen LogP contribution in [-0.4, -0.2) is 31.9 Å². The standard InChI is InChI=1S/C31H55N3O4.HI/c1-3-5-6-7-8-9-10-11-12-13-14-15-16-17-18-20-24-32-30(35)37-26-22-27-38-31(36)33-28-29-23-19-21-25-34(29)4-2;/h19,21,23,25H,3-18,20,22,24,26-28H2,1-2H3,(H-,32,33,35,36);1H. The van der Waals surface area contributed by atoms with E-state index >= 15 is 0 Å². The highest BCUT2D eigenvalue weighted by Gasteiger charge is 2.10. The largest absolute Gasteiger partial charge is 1.00 e. The second-order valence-corrected chi connectivity index (χ2v) is 10.2. The van der Waals surface area contributed by atoms with E-state index in [1.807, 2.05) is 24.4 Å². The van der Waals surface area contributed by atoms with E-state index in [-0.39, 0.29) is 37.2 Å². The van der Waals surface area contributed by atoms with Gasteiger partial charge in [0.1, 0.15) is 13.1 Å². The Morgan fingerprint density at radius 3 is 1.67 bits per heavy atom. The molecule has 0 radical (unpaired) electrons. The summed E-state index contributed by atoms with van der Waals surface area (Å²) in [4.78, 5) is 23.6. The predicted octanol–water partition coefficient (Wildman–Crippen LogP) is 4.60. The first kappa shape index (κ1) is 37.4. The Morgan fingerprint density at radius 2 is 1.15 bits per heavy atom. The van der Waals surface area contributed by atoms with Crippen molar-refractivity contribution in [2.24, 2.45) is 0 Å². The van der Waals surface area contributed by atoms with Crippen molar-refractivity contribution in [2.45, 2.75) is 136 Å². The van der Waals surface area contributed by atoms with Gasteiger partial charge in [0.25, 0.3) is 0 Å². The van der Waals surface area contributed by atoms with Crippen LogP contribution in [0.4, 0.5) is 9.59 Å². The third-order valence-electron chi connectivity index (χ3n) is 6.84. The van der Waals surface area contributed by atoms with Crippen molar-refractivity contribution < 1.29 is 47.6 Å². The van der Waals surface area contributed by atoms with Gasteiger partial charge in [0.05, 0.1) is 13.2 Å². The van der Waals surface area contributed by atoms with Gasteiger partial charge in [-0.25, -0.2) is 14.2 Å². The number of nitrogens with zero attached hydrogens (tertiary/aromatic N) is 1.